The lowest BCUT2D eigenvalue weighted by atomic mass is 10.2. The highest BCUT2D eigenvalue weighted by Crippen LogP contribution is 2.24. The first kappa shape index (κ1) is 22.1. The fourth-order valence-electron chi connectivity index (χ4n) is 2.38. The van der Waals surface area contributed by atoms with Crippen molar-refractivity contribution in [2.24, 2.45) is 0 Å². The van der Waals surface area contributed by atoms with E-state index >= 15 is 0 Å². The van der Waals surface area contributed by atoms with Crippen LogP contribution in [0.2, 0.25) is 0 Å². The highest BCUT2D eigenvalue weighted by molar-refractivity contribution is 8.00. The van der Waals surface area contributed by atoms with Crippen LogP contribution in [0, 0.1) is 0 Å². The van der Waals surface area contributed by atoms with Gasteiger partial charge in [0.25, 0.3) is 5.91 Å². The van der Waals surface area contributed by atoms with Gasteiger partial charge in [-0.25, -0.2) is 0 Å². The van der Waals surface area contributed by atoms with Crippen molar-refractivity contribution in [1.82, 2.24) is 9.36 Å². The van der Waals surface area contributed by atoms with Gasteiger partial charge < -0.3 is 10.1 Å². The van der Waals surface area contributed by atoms with Gasteiger partial charge in [0.2, 0.25) is 16.2 Å². The Bertz CT molecular complexity index is 1030. The summed E-state index contributed by atoms with van der Waals surface area (Å²) in [5.41, 5.74) is 1.16. The molecule has 0 aliphatic carbocycles. The summed E-state index contributed by atoms with van der Waals surface area (Å²) in [6.07, 6.45) is 0. The molecular formula is C20H20N4O3S3. The third-order valence-corrected chi connectivity index (χ3v) is 6.19. The van der Waals surface area contributed by atoms with Crippen LogP contribution in [0.4, 0.5) is 10.8 Å². The SMILES string of the molecule is CCSc1nsc(NC(=O)CSc2cccc(NC(=O)c3cccc(OC)c3)c2)n1. The molecule has 10 heteroatoms. The third kappa shape index (κ3) is 6.48. The van der Waals surface area contributed by atoms with Crippen LogP contribution in [-0.2, 0) is 4.79 Å². The van der Waals surface area contributed by atoms with E-state index in [4.69, 9.17) is 4.74 Å². The van der Waals surface area contributed by atoms with Crippen LogP contribution in [0.3, 0.4) is 0 Å². The third-order valence-electron chi connectivity index (χ3n) is 3.72. The van der Waals surface area contributed by atoms with Crippen molar-refractivity contribution in [3.8, 4) is 5.75 Å². The molecule has 0 aliphatic heterocycles. The van der Waals surface area contributed by atoms with Crippen molar-refractivity contribution in [1.29, 1.82) is 0 Å². The normalized spacial score (nSPS) is 10.5. The lowest BCUT2D eigenvalue weighted by molar-refractivity contribution is -0.113. The number of hydrogen-bond donors (Lipinski definition) is 2. The van der Waals surface area contributed by atoms with Gasteiger partial charge in [0.15, 0.2) is 0 Å². The molecule has 3 rings (SSSR count). The molecule has 3 aromatic rings. The van der Waals surface area contributed by atoms with E-state index < -0.39 is 0 Å². The second-order valence-electron chi connectivity index (χ2n) is 5.87. The summed E-state index contributed by atoms with van der Waals surface area (Å²) in [7, 11) is 1.56. The van der Waals surface area contributed by atoms with Gasteiger partial charge in [0.1, 0.15) is 5.75 Å². The number of anilines is 2. The van der Waals surface area contributed by atoms with Crippen LogP contribution in [-0.4, -0.2) is 39.8 Å². The van der Waals surface area contributed by atoms with E-state index in [-0.39, 0.29) is 17.6 Å². The monoisotopic (exact) mass is 460 g/mol. The van der Waals surface area contributed by atoms with Crippen molar-refractivity contribution in [3.63, 3.8) is 0 Å². The summed E-state index contributed by atoms with van der Waals surface area (Å²) >= 11 is 4.08. The smallest absolute Gasteiger partial charge is 0.255 e. The lowest BCUT2D eigenvalue weighted by Crippen LogP contribution is -2.14. The Hall–Kier alpha value is -2.56. The maximum atomic E-state index is 12.5. The van der Waals surface area contributed by atoms with Gasteiger partial charge in [-0.05, 0) is 42.2 Å². The van der Waals surface area contributed by atoms with Crippen LogP contribution in [0.1, 0.15) is 17.3 Å². The summed E-state index contributed by atoms with van der Waals surface area (Å²) in [5.74, 6) is 1.34. The zero-order chi connectivity index (χ0) is 21.3. The molecule has 1 aromatic heterocycles. The van der Waals surface area contributed by atoms with Gasteiger partial charge in [0.05, 0.1) is 12.9 Å². The number of methoxy groups -OCH3 is 1. The number of benzene rings is 2. The largest absolute Gasteiger partial charge is 0.497 e. The quantitative estimate of drug-likeness (QED) is 0.449. The average Bonchev–Trinajstić information content (AvgIpc) is 3.19. The number of carbonyl (C=O) groups excluding carboxylic acids is 2. The number of nitrogens with zero attached hydrogens (tertiary/aromatic N) is 2. The molecular weight excluding hydrogens is 440 g/mol. The fourth-order valence-corrected chi connectivity index (χ4v) is 4.43. The van der Waals surface area contributed by atoms with E-state index in [1.54, 1.807) is 37.4 Å². The van der Waals surface area contributed by atoms with Crippen molar-refractivity contribution < 1.29 is 14.3 Å². The Labute approximate surface area is 187 Å². The second kappa shape index (κ2) is 11.0. The first-order chi connectivity index (χ1) is 14.6. The van der Waals surface area contributed by atoms with Gasteiger partial charge in [-0.15, -0.1) is 11.8 Å². The van der Waals surface area contributed by atoms with E-state index in [1.165, 1.54) is 35.1 Å². The molecule has 0 radical (unpaired) electrons. The van der Waals surface area contributed by atoms with Gasteiger partial charge >= 0.3 is 0 Å². The number of hydrogen-bond acceptors (Lipinski definition) is 8. The minimum Gasteiger partial charge on any atom is -0.497 e. The topological polar surface area (TPSA) is 93.2 Å². The summed E-state index contributed by atoms with van der Waals surface area (Å²) < 4.78 is 9.33. The van der Waals surface area contributed by atoms with Crippen LogP contribution in [0.15, 0.2) is 58.6 Å². The van der Waals surface area contributed by atoms with E-state index in [9.17, 15) is 9.59 Å². The van der Waals surface area contributed by atoms with Crippen LogP contribution < -0.4 is 15.4 Å². The van der Waals surface area contributed by atoms with Gasteiger partial charge in [0, 0.05) is 27.7 Å². The Morgan fingerprint density at radius 1 is 1.10 bits per heavy atom. The second-order valence-corrected chi connectivity index (χ2v) is 8.90. The standard InChI is InChI=1S/C20H20N4O3S3/c1-3-28-20-23-19(30-24-20)22-17(25)12-29-16-9-5-7-14(11-16)21-18(26)13-6-4-8-15(10-13)27-2/h4-11H,3,12H2,1-2H3,(H,21,26)(H,22,23,24,25). The Morgan fingerprint density at radius 3 is 2.73 bits per heavy atom. The summed E-state index contributed by atoms with van der Waals surface area (Å²) in [6.45, 7) is 2.02. The van der Waals surface area contributed by atoms with E-state index in [0.29, 0.717) is 27.3 Å². The van der Waals surface area contributed by atoms with Gasteiger partial charge in [-0.1, -0.05) is 30.8 Å². The number of aromatic nitrogens is 2. The van der Waals surface area contributed by atoms with Crippen molar-refractivity contribution in [3.05, 3.63) is 54.1 Å². The molecule has 0 spiro atoms. The number of ether oxygens (including phenoxy) is 1. The van der Waals surface area contributed by atoms with E-state index in [2.05, 4.69) is 20.0 Å². The summed E-state index contributed by atoms with van der Waals surface area (Å²) in [6, 6.07) is 14.3. The molecule has 0 fully saturated rings. The Kier molecular flexibility index (Phi) is 8.12. The molecule has 1 heterocycles. The van der Waals surface area contributed by atoms with E-state index in [0.717, 1.165) is 10.6 Å². The summed E-state index contributed by atoms with van der Waals surface area (Å²) in [4.78, 5) is 29.8. The molecule has 7 nitrogen and oxygen atoms in total. The number of thioether (sulfide) groups is 2. The van der Waals surface area contributed by atoms with Gasteiger partial charge in [-0.3, -0.25) is 14.9 Å². The molecule has 0 bridgehead atoms. The molecule has 2 amide bonds. The average molecular weight is 461 g/mol. The maximum Gasteiger partial charge on any atom is 0.255 e. The fraction of sp³-hybridized carbons (Fsp3) is 0.200. The van der Waals surface area contributed by atoms with Crippen molar-refractivity contribution >= 4 is 57.7 Å². The lowest BCUT2D eigenvalue weighted by Gasteiger charge is -2.08. The predicted molar refractivity (Wildman–Crippen MR) is 123 cm³/mol. The molecule has 0 saturated carbocycles. The molecule has 0 saturated heterocycles. The van der Waals surface area contributed by atoms with E-state index in [1.807, 2.05) is 25.1 Å². The van der Waals surface area contributed by atoms with Crippen LogP contribution in [0.25, 0.3) is 0 Å². The molecule has 156 valence electrons. The van der Waals surface area contributed by atoms with Gasteiger partial charge in [-0.2, -0.15) is 9.36 Å². The Balaban J connectivity index is 1.54. The highest BCUT2D eigenvalue weighted by atomic mass is 32.2. The molecule has 2 N–H and O–H groups in total. The number of rotatable bonds is 9. The molecule has 0 unspecified atom stereocenters. The minimum absolute atomic E-state index is 0.157. The van der Waals surface area contributed by atoms with Crippen molar-refractivity contribution in [2.75, 3.05) is 29.2 Å². The maximum absolute atomic E-state index is 12.5. The zero-order valence-corrected chi connectivity index (χ0v) is 18.8. The highest BCUT2D eigenvalue weighted by Gasteiger charge is 2.10. The van der Waals surface area contributed by atoms with Crippen LogP contribution in [0.5, 0.6) is 5.75 Å². The molecule has 2 aromatic carbocycles. The predicted octanol–water partition coefficient (Wildman–Crippen LogP) is 4.64. The first-order valence-corrected chi connectivity index (χ1v) is 11.8. The minimum atomic E-state index is -0.231. The number of nitrogens with one attached hydrogen (secondary N) is 2. The zero-order valence-electron chi connectivity index (χ0n) is 16.4. The molecule has 0 aliphatic rings. The van der Waals surface area contributed by atoms with Crippen LogP contribution >= 0.6 is 35.1 Å². The molecule has 0 atom stereocenters. The molecule has 30 heavy (non-hydrogen) atoms. The Morgan fingerprint density at radius 2 is 1.93 bits per heavy atom. The number of amides is 2. The first-order valence-electron chi connectivity index (χ1n) is 9.02. The van der Waals surface area contributed by atoms with Crippen molar-refractivity contribution in [2.45, 2.75) is 17.0 Å². The number of carbonyl (C=O) groups is 2. The summed E-state index contributed by atoms with van der Waals surface area (Å²) in [5, 5.41) is 6.79.